The Bertz CT molecular complexity index is 733. The summed E-state index contributed by atoms with van der Waals surface area (Å²) < 4.78 is 11.6. The summed E-state index contributed by atoms with van der Waals surface area (Å²) in [5, 5.41) is 4.11. The molecule has 4 aliphatic heterocycles. The molecule has 2 bridgehead atoms. The van der Waals surface area contributed by atoms with Gasteiger partial charge in [-0.1, -0.05) is 0 Å². The number of hydrogen-bond acceptors (Lipinski definition) is 5. The molecular weight excluding hydrogens is 312 g/mol. The van der Waals surface area contributed by atoms with Crippen molar-refractivity contribution in [2.45, 2.75) is 18.4 Å². The predicted octanol–water partition coefficient (Wildman–Crippen LogP) is 3.43. The summed E-state index contributed by atoms with van der Waals surface area (Å²) >= 11 is 1.65. The Morgan fingerprint density at radius 1 is 1.22 bits per heavy atom. The molecule has 1 atom stereocenters. The number of anilines is 1. The molecule has 1 amide bonds. The maximum Gasteiger partial charge on any atom is 0.417 e. The van der Waals surface area contributed by atoms with Crippen molar-refractivity contribution in [1.82, 2.24) is 4.90 Å². The quantitative estimate of drug-likeness (QED) is 0.846. The van der Waals surface area contributed by atoms with E-state index in [0.717, 1.165) is 43.6 Å². The Balaban J connectivity index is 1.43. The van der Waals surface area contributed by atoms with Gasteiger partial charge in [0.05, 0.1) is 6.54 Å². The first-order chi connectivity index (χ1) is 11.2. The number of thiophene rings is 1. The van der Waals surface area contributed by atoms with Gasteiger partial charge < -0.3 is 9.15 Å². The first-order valence-electron chi connectivity index (χ1n) is 8.07. The number of nitrogens with zero attached hydrogens (tertiary/aromatic N) is 2. The van der Waals surface area contributed by atoms with Gasteiger partial charge in [0.25, 0.3) is 0 Å². The van der Waals surface area contributed by atoms with Crippen LogP contribution in [0, 0.1) is 5.92 Å². The van der Waals surface area contributed by atoms with Gasteiger partial charge in [-0.15, -0.1) is 0 Å². The summed E-state index contributed by atoms with van der Waals surface area (Å²) in [4.78, 5) is 16.5. The number of amides is 1. The predicted molar refractivity (Wildman–Crippen MR) is 87.7 cm³/mol. The van der Waals surface area contributed by atoms with Crippen LogP contribution >= 0.6 is 11.3 Å². The Hall–Kier alpha value is -1.79. The standard InChI is InChI=1S/C17H18N2O3S/c20-16-19(15-7-13(8-21-15)12-3-6-23-9-12)11-17(22-16)10-18-4-1-14(17)2-5-18/h3,6-9,14H,1-2,4-5,10-11H2/t17-/m1/s1. The van der Waals surface area contributed by atoms with Gasteiger partial charge in [-0.3, -0.25) is 4.90 Å². The summed E-state index contributed by atoms with van der Waals surface area (Å²) in [6.07, 6.45) is 3.69. The molecule has 0 aliphatic carbocycles. The fourth-order valence-electron chi connectivity index (χ4n) is 4.23. The Morgan fingerprint density at radius 3 is 2.78 bits per heavy atom. The minimum Gasteiger partial charge on any atom is -0.448 e. The third-order valence-electron chi connectivity index (χ3n) is 5.47. The monoisotopic (exact) mass is 330 g/mol. The zero-order valence-corrected chi connectivity index (χ0v) is 13.6. The molecule has 2 aromatic heterocycles. The summed E-state index contributed by atoms with van der Waals surface area (Å²) in [5.41, 5.74) is 1.78. The van der Waals surface area contributed by atoms with Crippen molar-refractivity contribution in [1.29, 1.82) is 0 Å². The highest BCUT2D eigenvalue weighted by Crippen LogP contribution is 2.43. The molecule has 23 heavy (non-hydrogen) atoms. The molecule has 2 aromatic rings. The van der Waals surface area contributed by atoms with Crippen molar-refractivity contribution < 1.29 is 13.9 Å². The third-order valence-corrected chi connectivity index (χ3v) is 6.15. The zero-order chi connectivity index (χ0) is 15.4. The molecule has 0 radical (unpaired) electrons. The lowest BCUT2D eigenvalue weighted by Gasteiger charge is -2.49. The van der Waals surface area contributed by atoms with Gasteiger partial charge in [0.15, 0.2) is 0 Å². The molecule has 4 aliphatic rings. The van der Waals surface area contributed by atoms with Crippen LogP contribution < -0.4 is 4.90 Å². The summed E-state index contributed by atoms with van der Waals surface area (Å²) in [5.74, 6) is 1.07. The number of furan rings is 1. The topological polar surface area (TPSA) is 45.9 Å². The van der Waals surface area contributed by atoms with E-state index in [1.807, 2.05) is 11.4 Å². The lowest BCUT2D eigenvalue weighted by molar-refractivity contribution is -0.0881. The van der Waals surface area contributed by atoms with Crippen molar-refractivity contribution in [3.8, 4) is 11.1 Å². The highest BCUT2D eigenvalue weighted by Gasteiger charge is 2.56. The van der Waals surface area contributed by atoms with E-state index in [1.54, 1.807) is 22.5 Å². The van der Waals surface area contributed by atoms with Crippen molar-refractivity contribution in [3.05, 3.63) is 29.2 Å². The third kappa shape index (κ3) is 2.05. The Labute approximate surface area is 138 Å². The molecule has 5 nitrogen and oxygen atoms in total. The van der Waals surface area contributed by atoms with Crippen LogP contribution in [0.25, 0.3) is 11.1 Å². The van der Waals surface area contributed by atoms with Crippen LogP contribution in [-0.2, 0) is 4.74 Å². The van der Waals surface area contributed by atoms with E-state index in [0.29, 0.717) is 18.3 Å². The van der Waals surface area contributed by atoms with E-state index in [-0.39, 0.29) is 11.7 Å². The van der Waals surface area contributed by atoms with E-state index < -0.39 is 0 Å². The maximum absolute atomic E-state index is 12.4. The van der Waals surface area contributed by atoms with Gasteiger partial charge in [0.2, 0.25) is 5.88 Å². The highest BCUT2D eigenvalue weighted by molar-refractivity contribution is 7.08. The van der Waals surface area contributed by atoms with Gasteiger partial charge in [-0.05, 0) is 48.3 Å². The number of carbonyl (C=O) groups is 1. The molecule has 6 heteroatoms. The fourth-order valence-corrected chi connectivity index (χ4v) is 4.89. The van der Waals surface area contributed by atoms with Crippen LogP contribution in [0.3, 0.4) is 0 Å². The van der Waals surface area contributed by atoms with Crippen molar-refractivity contribution >= 4 is 23.3 Å². The van der Waals surface area contributed by atoms with Crippen molar-refractivity contribution in [2.75, 3.05) is 31.1 Å². The van der Waals surface area contributed by atoms with Gasteiger partial charge in [-0.25, -0.2) is 9.69 Å². The van der Waals surface area contributed by atoms with E-state index in [9.17, 15) is 4.79 Å². The van der Waals surface area contributed by atoms with E-state index in [2.05, 4.69) is 16.3 Å². The zero-order valence-electron chi connectivity index (χ0n) is 12.7. The maximum atomic E-state index is 12.4. The Kier molecular flexibility index (Phi) is 2.87. The van der Waals surface area contributed by atoms with Crippen molar-refractivity contribution in [3.63, 3.8) is 0 Å². The molecule has 0 unspecified atom stereocenters. The number of rotatable bonds is 2. The van der Waals surface area contributed by atoms with Crippen LogP contribution in [0.15, 0.2) is 33.6 Å². The minimum absolute atomic E-state index is 0.273. The second-order valence-corrected chi connectivity index (χ2v) is 7.53. The number of piperidine rings is 3. The van der Waals surface area contributed by atoms with Crippen LogP contribution in [0.2, 0.25) is 0 Å². The van der Waals surface area contributed by atoms with Crippen LogP contribution in [0.5, 0.6) is 0 Å². The second kappa shape index (κ2) is 4.85. The molecule has 4 fully saturated rings. The van der Waals surface area contributed by atoms with Gasteiger partial charge in [-0.2, -0.15) is 11.3 Å². The molecular formula is C17H18N2O3S. The molecule has 0 saturated carbocycles. The lowest BCUT2D eigenvalue weighted by Crippen LogP contribution is -2.61. The minimum atomic E-state index is -0.344. The largest absolute Gasteiger partial charge is 0.448 e. The van der Waals surface area contributed by atoms with Crippen LogP contribution in [0.1, 0.15) is 12.8 Å². The van der Waals surface area contributed by atoms with Crippen molar-refractivity contribution in [2.24, 2.45) is 5.92 Å². The van der Waals surface area contributed by atoms with E-state index in [1.165, 1.54) is 0 Å². The molecule has 1 spiro atoms. The Morgan fingerprint density at radius 2 is 2.09 bits per heavy atom. The first-order valence-corrected chi connectivity index (χ1v) is 9.02. The second-order valence-electron chi connectivity index (χ2n) is 6.75. The molecule has 6 heterocycles. The summed E-state index contributed by atoms with van der Waals surface area (Å²) in [6, 6.07) is 3.99. The highest BCUT2D eigenvalue weighted by atomic mass is 32.1. The number of ether oxygens (including phenoxy) is 1. The molecule has 120 valence electrons. The lowest BCUT2D eigenvalue weighted by atomic mass is 9.75. The fraction of sp³-hybridized carbons (Fsp3) is 0.471. The average Bonchev–Trinajstić information content (AvgIpc) is 3.28. The van der Waals surface area contributed by atoms with Gasteiger partial charge >= 0.3 is 6.09 Å². The molecule has 0 N–H and O–H groups in total. The SMILES string of the molecule is O=C1O[C@]2(CN3CCC2CC3)CN1c1cc(-c2ccsc2)co1. The molecule has 6 rings (SSSR count). The average molecular weight is 330 g/mol. The smallest absolute Gasteiger partial charge is 0.417 e. The van der Waals surface area contributed by atoms with Crippen LogP contribution in [0.4, 0.5) is 10.7 Å². The van der Waals surface area contributed by atoms with Crippen LogP contribution in [-0.4, -0.2) is 42.8 Å². The number of fused-ring (bicyclic) bond motifs is 2. The summed E-state index contributed by atoms with van der Waals surface area (Å²) in [6.45, 7) is 3.72. The van der Waals surface area contributed by atoms with Gasteiger partial charge in [0.1, 0.15) is 11.9 Å². The molecule has 0 aromatic carbocycles. The summed E-state index contributed by atoms with van der Waals surface area (Å²) in [7, 11) is 0. The molecule has 4 saturated heterocycles. The van der Waals surface area contributed by atoms with E-state index in [4.69, 9.17) is 9.15 Å². The number of carbonyl (C=O) groups excluding carboxylic acids is 1. The van der Waals surface area contributed by atoms with E-state index >= 15 is 0 Å². The first kappa shape index (κ1) is 13.6. The van der Waals surface area contributed by atoms with Gasteiger partial charge in [0, 0.05) is 24.1 Å². The number of hydrogen-bond donors (Lipinski definition) is 0. The normalized spacial score (nSPS) is 32.7.